The van der Waals surface area contributed by atoms with Gasteiger partial charge in [0.15, 0.2) is 0 Å². The number of rotatable bonds is 8. The molecule has 1 aliphatic heterocycles. The van der Waals surface area contributed by atoms with Crippen LogP contribution in [0.3, 0.4) is 0 Å². The zero-order chi connectivity index (χ0) is 23.3. The average Bonchev–Trinajstić information content (AvgIpc) is 3.33. The van der Waals surface area contributed by atoms with Gasteiger partial charge in [-0.1, -0.05) is 30.3 Å². The number of carbonyl (C=O) groups excluding carboxylic acids is 1. The van der Waals surface area contributed by atoms with Crippen LogP contribution < -0.4 is 10.0 Å². The maximum atomic E-state index is 13.3. The Morgan fingerprint density at radius 3 is 2.61 bits per heavy atom. The molecule has 3 N–H and O–H groups in total. The van der Waals surface area contributed by atoms with Crippen molar-refractivity contribution in [2.75, 3.05) is 19.7 Å². The third-order valence-electron chi connectivity index (χ3n) is 5.77. The third kappa shape index (κ3) is 5.52. The molecule has 0 spiro atoms. The third-order valence-corrected chi connectivity index (χ3v) is 7.35. The molecule has 9 nitrogen and oxygen atoms in total. The van der Waals surface area contributed by atoms with Crippen LogP contribution in [-0.4, -0.2) is 55.1 Å². The number of hydrogen-bond acceptors (Lipinski definition) is 6. The van der Waals surface area contributed by atoms with E-state index in [1.165, 1.54) is 0 Å². The highest BCUT2D eigenvalue weighted by molar-refractivity contribution is 7.89. The van der Waals surface area contributed by atoms with Crippen molar-refractivity contribution < 1.29 is 17.9 Å². The highest BCUT2D eigenvalue weighted by atomic mass is 32.2. The minimum Gasteiger partial charge on any atom is -0.450 e. The van der Waals surface area contributed by atoms with Crippen molar-refractivity contribution in [3.05, 3.63) is 60.2 Å². The van der Waals surface area contributed by atoms with Crippen molar-refractivity contribution in [3.63, 3.8) is 0 Å². The Hall–Kier alpha value is -2.95. The van der Waals surface area contributed by atoms with Crippen molar-refractivity contribution in [1.29, 1.82) is 0 Å². The number of imidazole rings is 1. The predicted octanol–water partition coefficient (Wildman–Crippen LogP) is 2.75. The van der Waals surface area contributed by atoms with Crippen LogP contribution in [0.2, 0.25) is 0 Å². The number of nitrogens with zero attached hydrogens (tertiary/aromatic N) is 2. The molecule has 0 aliphatic carbocycles. The SMILES string of the molecule is CCOC(=O)N1CCC(NS(=O)(=O)c2ccc(CNCc3ncc[nH]3)c3ccccc23)CC1. The Morgan fingerprint density at radius 2 is 1.91 bits per heavy atom. The molecule has 3 aromatic rings. The van der Waals surface area contributed by atoms with Crippen molar-refractivity contribution >= 4 is 26.9 Å². The molecule has 1 amide bonds. The van der Waals surface area contributed by atoms with Crippen LogP contribution >= 0.6 is 0 Å². The summed E-state index contributed by atoms with van der Waals surface area (Å²) in [5, 5.41) is 4.92. The van der Waals surface area contributed by atoms with Crippen LogP contribution in [0.4, 0.5) is 4.79 Å². The molecule has 0 saturated carbocycles. The van der Waals surface area contributed by atoms with E-state index < -0.39 is 10.0 Å². The van der Waals surface area contributed by atoms with E-state index in [1.54, 1.807) is 30.3 Å². The van der Waals surface area contributed by atoms with Gasteiger partial charge < -0.3 is 19.9 Å². The second kappa shape index (κ2) is 10.3. The lowest BCUT2D eigenvalue weighted by molar-refractivity contribution is 0.0966. The number of aromatic amines is 1. The van der Waals surface area contributed by atoms with Gasteiger partial charge in [0.1, 0.15) is 5.82 Å². The van der Waals surface area contributed by atoms with E-state index in [1.807, 2.05) is 30.3 Å². The minimum absolute atomic E-state index is 0.228. The first-order chi connectivity index (χ1) is 16.0. The number of carbonyl (C=O) groups is 1. The Bertz CT molecular complexity index is 1190. The van der Waals surface area contributed by atoms with Gasteiger partial charge in [-0.05, 0) is 36.8 Å². The molecule has 0 bridgehead atoms. The summed E-state index contributed by atoms with van der Waals surface area (Å²) < 4.78 is 34.4. The summed E-state index contributed by atoms with van der Waals surface area (Å²) in [5.41, 5.74) is 1.01. The number of H-pyrrole nitrogens is 1. The molecule has 2 aromatic carbocycles. The number of piperidine rings is 1. The van der Waals surface area contributed by atoms with Gasteiger partial charge in [-0.3, -0.25) is 0 Å². The lowest BCUT2D eigenvalue weighted by atomic mass is 10.0. The van der Waals surface area contributed by atoms with E-state index in [0.29, 0.717) is 51.0 Å². The molecule has 0 atom stereocenters. The van der Waals surface area contributed by atoms with E-state index >= 15 is 0 Å². The Morgan fingerprint density at radius 1 is 1.15 bits per heavy atom. The summed E-state index contributed by atoms with van der Waals surface area (Å²) in [4.78, 5) is 21.0. The topological polar surface area (TPSA) is 116 Å². The molecule has 2 heterocycles. The number of nitrogens with one attached hydrogen (secondary N) is 3. The summed E-state index contributed by atoms with van der Waals surface area (Å²) in [7, 11) is -3.73. The molecular formula is C23H29N5O4S. The standard InChI is InChI=1S/C23H29N5O4S/c1-2-32-23(29)28-13-9-18(10-14-28)27-33(30,31)21-8-7-17(19-5-3-4-6-20(19)21)15-24-16-22-25-11-12-26-22/h3-8,11-12,18,24,27H,2,9-10,13-16H2,1H3,(H,25,26). The van der Waals surface area contributed by atoms with Gasteiger partial charge in [0.2, 0.25) is 10.0 Å². The van der Waals surface area contributed by atoms with Gasteiger partial charge >= 0.3 is 6.09 Å². The summed E-state index contributed by atoms with van der Waals surface area (Å²) in [6, 6.07) is 10.8. The first-order valence-electron chi connectivity index (χ1n) is 11.1. The van der Waals surface area contributed by atoms with Gasteiger partial charge in [0.25, 0.3) is 0 Å². The molecule has 1 aromatic heterocycles. The maximum Gasteiger partial charge on any atom is 0.409 e. The van der Waals surface area contributed by atoms with E-state index in [0.717, 1.165) is 16.8 Å². The van der Waals surface area contributed by atoms with Gasteiger partial charge in [-0.15, -0.1) is 0 Å². The Balaban J connectivity index is 1.46. The monoisotopic (exact) mass is 471 g/mol. The van der Waals surface area contributed by atoms with Crippen LogP contribution in [0.1, 0.15) is 31.2 Å². The average molecular weight is 472 g/mol. The molecule has 176 valence electrons. The number of amides is 1. The molecule has 1 saturated heterocycles. The minimum atomic E-state index is -3.73. The number of fused-ring (bicyclic) bond motifs is 1. The van der Waals surface area contributed by atoms with Gasteiger partial charge in [-0.2, -0.15) is 0 Å². The van der Waals surface area contributed by atoms with Crippen molar-refractivity contribution in [1.82, 2.24) is 24.9 Å². The first-order valence-corrected chi connectivity index (χ1v) is 12.6. The second-order valence-corrected chi connectivity index (χ2v) is 9.67. The van der Waals surface area contributed by atoms with E-state index in [-0.39, 0.29) is 17.0 Å². The van der Waals surface area contributed by atoms with Crippen LogP contribution in [0.15, 0.2) is 53.7 Å². The largest absolute Gasteiger partial charge is 0.450 e. The molecule has 0 unspecified atom stereocenters. The van der Waals surface area contributed by atoms with E-state index in [9.17, 15) is 13.2 Å². The fourth-order valence-corrected chi connectivity index (χ4v) is 5.63. The van der Waals surface area contributed by atoms with Crippen LogP contribution in [0.25, 0.3) is 10.8 Å². The molecule has 10 heteroatoms. The molecule has 1 aliphatic rings. The highest BCUT2D eigenvalue weighted by Gasteiger charge is 2.28. The Kier molecular flexibility index (Phi) is 7.26. The van der Waals surface area contributed by atoms with Crippen LogP contribution in [0.5, 0.6) is 0 Å². The number of aromatic nitrogens is 2. The summed E-state index contributed by atoms with van der Waals surface area (Å²) in [5.74, 6) is 0.844. The number of sulfonamides is 1. The smallest absolute Gasteiger partial charge is 0.409 e. The quantitative estimate of drug-likeness (QED) is 0.465. The first kappa shape index (κ1) is 23.2. The summed E-state index contributed by atoms with van der Waals surface area (Å²) in [6.45, 7) is 4.20. The Labute approximate surface area is 193 Å². The fraction of sp³-hybridized carbons (Fsp3) is 0.391. The number of ether oxygens (including phenoxy) is 1. The number of hydrogen-bond donors (Lipinski definition) is 3. The normalized spacial score (nSPS) is 15.1. The number of benzene rings is 2. The second-order valence-electron chi connectivity index (χ2n) is 7.99. The highest BCUT2D eigenvalue weighted by Crippen LogP contribution is 2.27. The zero-order valence-corrected chi connectivity index (χ0v) is 19.4. The zero-order valence-electron chi connectivity index (χ0n) is 18.6. The lowest BCUT2D eigenvalue weighted by Crippen LogP contribution is -2.46. The van der Waals surface area contributed by atoms with Crippen molar-refractivity contribution in [2.45, 2.75) is 43.8 Å². The van der Waals surface area contributed by atoms with E-state index in [4.69, 9.17) is 4.74 Å². The molecule has 0 radical (unpaired) electrons. The van der Waals surface area contributed by atoms with E-state index in [2.05, 4.69) is 20.0 Å². The van der Waals surface area contributed by atoms with Crippen molar-refractivity contribution in [3.8, 4) is 0 Å². The maximum absolute atomic E-state index is 13.3. The molecule has 1 fully saturated rings. The van der Waals surface area contributed by atoms with Gasteiger partial charge in [0.05, 0.1) is 18.0 Å². The van der Waals surface area contributed by atoms with Gasteiger partial charge in [-0.25, -0.2) is 22.9 Å². The predicted molar refractivity (Wildman–Crippen MR) is 125 cm³/mol. The lowest BCUT2D eigenvalue weighted by Gasteiger charge is -2.31. The molecule has 33 heavy (non-hydrogen) atoms. The molecule has 4 rings (SSSR count). The van der Waals surface area contributed by atoms with Crippen LogP contribution in [0, 0.1) is 0 Å². The van der Waals surface area contributed by atoms with Crippen molar-refractivity contribution in [2.24, 2.45) is 0 Å². The molecular weight excluding hydrogens is 442 g/mol. The number of likely N-dealkylation sites (tertiary alicyclic amines) is 1. The summed E-state index contributed by atoms with van der Waals surface area (Å²) in [6.07, 6.45) is 4.23. The van der Waals surface area contributed by atoms with Crippen LogP contribution in [-0.2, 0) is 27.8 Å². The fourth-order valence-electron chi connectivity index (χ4n) is 4.11. The summed E-state index contributed by atoms with van der Waals surface area (Å²) >= 11 is 0. The van der Waals surface area contributed by atoms with Gasteiger partial charge in [0, 0.05) is 43.5 Å².